The van der Waals surface area contributed by atoms with Crippen LogP contribution in [0.1, 0.15) is 11.5 Å². The molecule has 0 saturated carbocycles. The van der Waals surface area contributed by atoms with Gasteiger partial charge in [0.1, 0.15) is 18.3 Å². The number of aryl methyl sites for hydroxylation is 2. The Kier molecular flexibility index (Phi) is 3.45. The molecule has 9 heteroatoms. The smallest absolute Gasteiger partial charge is 0.326 e. The average Bonchev–Trinajstić information content (AvgIpc) is 3.07. The SMILES string of the molecule is Cc1cc(COC(=O)Cn2cnc3c(cnn3C)c2=O)on1. The summed E-state index contributed by atoms with van der Waals surface area (Å²) in [5.74, 6) is -0.125. The van der Waals surface area contributed by atoms with Gasteiger partial charge in [0.25, 0.3) is 5.56 Å². The van der Waals surface area contributed by atoms with E-state index < -0.39 is 5.97 Å². The van der Waals surface area contributed by atoms with Crippen molar-refractivity contribution in [3.05, 3.63) is 40.4 Å². The summed E-state index contributed by atoms with van der Waals surface area (Å²) < 4.78 is 12.6. The summed E-state index contributed by atoms with van der Waals surface area (Å²) >= 11 is 0. The molecule has 3 rings (SSSR count). The molecule has 9 nitrogen and oxygen atoms in total. The minimum atomic E-state index is -0.568. The van der Waals surface area contributed by atoms with Gasteiger partial charge in [0, 0.05) is 13.1 Å². The van der Waals surface area contributed by atoms with Crippen molar-refractivity contribution in [1.29, 1.82) is 0 Å². The number of hydrogen-bond donors (Lipinski definition) is 0. The number of nitrogens with zero attached hydrogens (tertiary/aromatic N) is 5. The molecular weight excluding hydrogens is 290 g/mol. The lowest BCUT2D eigenvalue weighted by Crippen LogP contribution is -2.25. The fourth-order valence-corrected chi connectivity index (χ4v) is 2.00. The molecule has 0 spiro atoms. The molecule has 0 saturated heterocycles. The summed E-state index contributed by atoms with van der Waals surface area (Å²) in [6, 6.07) is 1.67. The average molecular weight is 303 g/mol. The standard InChI is InChI=1S/C13H13N5O4/c1-8-3-9(22-16-8)6-21-11(19)5-18-7-14-12-10(13(18)20)4-15-17(12)2/h3-4,7H,5-6H2,1-2H3. The monoisotopic (exact) mass is 303 g/mol. The third-order valence-electron chi connectivity index (χ3n) is 3.07. The molecule has 3 aromatic heterocycles. The fraction of sp³-hybridized carbons (Fsp3) is 0.308. The predicted molar refractivity (Wildman–Crippen MR) is 73.8 cm³/mol. The van der Waals surface area contributed by atoms with E-state index in [1.165, 1.54) is 21.8 Å². The number of carbonyl (C=O) groups excluding carboxylic acids is 1. The summed E-state index contributed by atoms with van der Waals surface area (Å²) in [5, 5.41) is 8.00. The molecule has 0 atom stereocenters. The summed E-state index contributed by atoms with van der Waals surface area (Å²) in [7, 11) is 1.69. The lowest BCUT2D eigenvalue weighted by atomic mass is 10.4. The summed E-state index contributed by atoms with van der Waals surface area (Å²) in [5.41, 5.74) is 0.825. The van der Waals surface area contributed by atoms with Crippen LogP contribution >= 0.6 is 0 Å². The maximum atomic E-state index is 12.2. The highest BCUT2D eigenvalue weighted by Gasteiger charge is 2.12. The van der Waals surface area contributed by atoms with Crippen molar-refractivity contribution >= 4 is 17.0 Å². The first-order valence-corrected chi connectivity index (χ1v) is 6.49. The van der Waals surface area contributed by atoms with Gasteiger partial charge in [-0.15, -0.1) is 0 Å². The molecule has 3 heterocycles. The number of hydrogen-bond acceptors (Lipinski definition) is 7. The molecule has 0 fully saturated rings. The molecule has 0 unspecified atom stereocenters. The summed E-state index contributed by atoms with van der Waals surface area (Å²) in [6.07, 6.45) is 2.72. The highest BCUT2D eigenvalue weighted by atomic mass is 16.5. The first-order chi connectivity index (χ1) is 10.5. The van der Waals surface area contributed by atoms with Crippen LogP contribution in [0, 0.1) is 6.92 Å². The Morgan fingerprint density at radius 1 is 1.45 bits per heavy atom. The molecule has 114 valence electrons. The van der Waals surface area contributed by atoms with Crippen LogP contribution in [-0.4, -0.2) is 30.5 Å². The van der Waals surface area contributed by atoms with Crippen molar-refractivity contribution in [2.24, 2.45) is 7.05 Å². The predicted octanol–water partition coefficient (Wildman–Crippen LogP) is 0.170. The topological polar surface area (TPSA) is 105 Å². The van der Waals surface area contributed by atoms with E-state index in [2.05, 4.69) is 15.2 Å². The van der Waals surface area contributed by atoms with E-state index in [9.17, 15) is 9.59 Å². The minimum Gasteiger partial charge on any atom is -0.456 e. The van der Waals surface area contributed by atoms with E-state index in [1.54, 1.807) is 20.0 Å². The van der Waals surface area contributed by atoms with Crippen LogP contribution in [0.4, 0.5) is 0 Å². The number of aromatic nitrogens is 5. The molecule has 0 amide bonds. The first-order valence-electron chi connectivity index (χ1n) is 6.49. The number of rotatable bonds is 4. The van der Waals surface area contributed by atoms with Gasteiger partial charge in [-0.2, -0.15) is 5.10 Å². The van der Waals surface area contributed by atoms with Crippen LogP contribution in [0.15, 0.2) is 27.9 Å². The van der Waals surface area contributed by atoms with Crippen LogP contribution in [0.3, 0.4) is 0 Å². The van der Waals surface area contributed by atoms with E-state index in [0.29, 0.717) is 22.5 Å². The Hall–Kier alpha value is -2.97. The zero-order valence-corrected chi connectivity index (χ0v) is 12.0. The van der Waals surface area contributed by atoms with Gasteiger partial charge in [-0.25, -0.2) is 4.98 Å². The third-order valence-corrected chi connectivity index (χ3v) is 3.07. The van der Waals surface area contributed by atoms with Gasteiger partial charge in [-0.1, -0.05) is 5.16 Å². The lowest BCUT2D eigenvalue weighted by Gasteiger charge is -2.05. The molecule has 0 aromatic carbocycles. The van der Waals surface area contributed by atoms with Crippen LogP contribution in [-0.2, 0) is 29.7 Å². The van der Waals surface area contributed by atoms with Gasteiger partial charge in [-0.3, -0.25) is 18.8 Å². The highest BCUT2D eigenvalue weighted by Crippen LogP contribution is 2.05. The van der Waals surface area contributed by atoms with Crippen molar-refractivity contribution in [2.75, 3.05) is 0 Å². The van der Waals surface area contributed by atoms with Gasteiger partial charge < -0.3 is 9.26 Å². The second-order valence-electron chi connectivity index (χ2n) is 4.78. The van der Waals surface area contributed by atoms with Crippen LogP contribution in [0.2, 0.25) is 0 Å². The van der Waals surface area contributed by atoms with Crippen molar-refractivity contribution < 1.29 is 14.1 Å². The molecular formula is C13H13N5O4. The quantitative estimate of drug-likeness (QED) is 0.632. The van der Waals surface area contributed by atoms with E-state index in [-0.39, 0.29) is 18.7 Å². The molecule has 0 aliphatic carbocycles. The second-order valence-corrected chi connectivity index (χ2v) is 4.78. The van der Waals surface area contributed by atoms with Gasteiger partial charge in [0.05, 0.1) is 11.9 Å². The zero-order valence-electron chi connectivity index (χ0n) is 12.0. The number of ether oxygens (including phenoxy) is 1. The van der Waals surface area contributed by atoms with E-state index >= 15 is 0 Å². The first kappa shape index (κ1) is 14.0. The van der Waals surface area contributed by atoms with E-state index in [1.807, 2.05) is 0 Å². The largest absolute Gasteiger partial charge is 0.456 e. The Morgan fingerprint density at radius 2 is 2.27 bits per heavy atom. The minimum absolute atomic E-state index is 0.0308. The molecule has 0 radical (unpaired) electrons. The van der Waals surface area contributed by atoms with Crippen molar-refractivity contribution in [2.45, 2.75) is 20.1 Å². The Bertz CT molecular complexity index is 891. The van der Waals surface area contributed by atoms with Crippen molar-refractivity contribution in [1.82, 2.24) is 24.5 Å². The Balaban J connectivity index is 1.71. The van der Waals surface area contributed by atoms with Crippen molar-refractivity contribution in [3.8, 4) is 0 Å². The van der Waals surface area contributed by atoms with E-state index in [0.717, 1.165) is 0 Å². The molecule has 0 aliphatic rings. The normalized spacial score (nSPS) is 11.0. The number of carbonyl (C=O) groups is 1. The lowest BCUT2D eigenvalue weighted by molar-refractivity contribution is -0.146. The molecule has 0 N–H and O–H groups in total. The Labute approximate surface area is 124 Å². The zero-order chi connectivity index (χ0) is 15.7. The maximum Gasteiger partial charge on any atom is 0.326 e. The van der Waals surface area contributed by atoms with Crippen molar-refractivity contribution in [3.63, 3.8) is 0 Å². The van der Waals surface area contributed by atoms with Gasteiger partial charge in [0.2, 0.25) is 0 Å². The number of esters is 1. The molecule has 0 aliphatic heterocycles. The fourth-order valence-electron chi connectivity index (χ4n) is 2.00. The Morgan fingerprint density at radius 3 is 3.00 bits per heavy atom. The van der Waals surface area contributed by atoms with Gasteiger partial charge in [-0.05, 0) is 6.92 Å². The second kappa shape index (κ2) is 5.43. The summed E-state index contributed by atoms with van der Waals surface area (Å²) in [6.45, 7) is 1.50. The maximum absolute atomic E-state index is 12.2. The van der Waals surface area contributed by atoms with E-state index in [4.69, 9.17) is 9.26 Å². The van der Waals surface area contributed by atoms with Gasteiger partial charge >= 0.3 is 5.97 Å². The summed E-state index contributed by atoms with van der Waals surface area (Å²) in [4.78, 5) is 28.1. The van der Waals surface area contributed by atoms with Crippen LogP contribution in [0.5, 0.6) is 0 Å². The van der Waals surface area contributed by atoms with Crippen LogP contribution < -0.4 is 5.56 Å². The van der Waals surface area contributed by atoms with Gasteiger partial charge in [0.15, 0.2) is 18.0 Å². The highest BCUT2D eigenvalue weighted by molar-refractivity contribution is 5.74. The molecule has 3 aromatic rings. The molecule has 0 bridgehead atoms. The van der Waals surface area contributed by atoms with Crippen LogP contribution in [0.25, 0.3) is 11.0 Å². The number of fused-ring (bicyclic) bond motifs is 1. The third kappa shape index (κ3) is 2.60. The molecule has 22 heavy (non-hydrogen) atoms.